The zero-order valence-corrected chi connectivity index (χ0v) is 12.7. The molecule has 2 aromatic rings. The summed E-state index contributed by atoms with van der Waals surface area (Å²) in [5.41, 5.74) is 2.05. The van der Waals surface area contributed by atoms with E-state index < -0.39 is 0 Å². The van der Waals surface area contributed by atoms with E-state index in [2.05, 4.69) is 0 Å². The highest BCUT2D eigenvalue weighted by atomic mass is 16.5. The second-order valence-corrected chi connectivity index (χ2v) is 5.38. The van der Waals surface area contributed by atoms with Crippen molar-refractivity contribution in [3.63, 3.8) is 0 Å². The van der Waals surface area contributed by atoms with Gasteiger partial charge in [0.1, 0.15) is 0 Å². The lowest BCUT2D eigenvalue weighted by Crippen LogP contribution is -2.24. The van der Waals surface area contributed by atoms with E-state index in [0.717, 1.165) is 24.1 Å². The van der Waals surface area contributed by atoms with Crippen molar-refractivity contribution in [3.8, 4) is 22.8 Å². The molecule has 0 unspecified atom stereocenters. The number of benzene rings is 1. The first-order valence-corrected chi connectivity index (χ1v) is 7.27. The summed E-state index contributed by atoms with van der Waals surface area (Å²) in [7, 11) is 3.18. The minimum absolute atomic E-state index is 0.114. The highest BCUT2D eigenvalue weighted by Crippen LogP contribution is 2.39. The summed E-state index contributed by atoms with van der Waals surface area (Å²) >= 11 is 0. The molecule has 0 radical (unpaired) electrons. The Morgan fingerprint density at radius 3 is 2.45 bits per heavy atom. The van der Waals surface area contributed by atoms with Crippen LogP contribution in [-0.4, -0.2) is 23.9 Å². The van der Waals surface area contributed by atoms with E-state index in [1.165, 1.54) is 0 Å². The number of methoxy groups -OCH3 is 2. The number of pyridine rings is 1. The maximum absolute atomic E-state index is 12.5. The average molecular weight is 301 g/mol. The normalized spacial score (nSPS) is 14.0. The van der Waals surface area contributed by atoms with Crippen molar-refractivity contribution in [1.82, 2.24) is 4.57 Å². The number of hydrogen-bond donors (Lipinski definition) is 1. The minimum Gasteiger partial charge on any atom is -0.493 e. The summed E-state index contributed by atoms with van der Waals surface area (Å²) in [4.78, 5) is 12.5. The zero-order chi connectivity index (χ0) is 15.7. The largest absolute Gasteiger partial charge is 0.493 e. The molecule has 1 heterocycles. The SMILES string of the molecule is COc1ccc(-c2ccc(CO)c(=O)n2C2CC2)cc1OC. The van der Waals surface area contributed by atoms with Crippen molar-refractivity contribution < 1.29 is 14.6 Å². The van der Waals surface area contributed by atoms with E-state index in [1.807, 2.05) is 24.3 Å². The Kier molecular flexibility index (Phi) is 3.90. The van der Waals surface area contributed by atoms with E-state index in [4.69, 9.17) is 9.47 Å². The van der Waals surface area contributed by atoms with Gasteiger partial charge in [-0.15, -0.1) is 0 Å². The molecule has 0 saturated heterocycles. The molecule has 1 saturated carbocycles. The molecular weight excluding hydrogens is 282 g/mol. The van der Waals surface area contributed by atoms with Gasteiger partial charge in [-0.3, -0.25) is 4.79 Å². The van der Waals surface area contributed by atoms with Crippen LogP contribution in [0.4, 0.5) is 0 Å². The molecule has 1 aromatic carbocycles. The van der Waals surface area contributed by atoms with Crippen molar-refractivity contribution in [1.29, 1.82) is 0 Å². The van der Waals surface area contributed by atoms with Crippen LogP contribution >= 0.6 is 0 Å². The quantitative estimate of drug-likeness (QED) is 0.921. The van der Waals surface area contributed by atoms with Crippen LogP contribution < -0.4 is 15.0 Å². The van der Waals surface area contributed by atoms with E-state index in [9.17, 15) is 9.90 Å². The Labute approximate surface area is 128 Å². The van der Waals surface area contributed by atoms with Gasteiger partial charge < -0.3 is 19.1 Å². The van der Waals surface area contributed by atoms with Crippen LogP contribution in [0.25, 0.3) is 11.3 Å². The standard InChI is InChI=1S/C17H19NO4/c1-21-15-8-4-11(9-16(15)22-2)14-7-3-12(10-19)17(20)18(14)13-5-6-13/h3-4,7-9,13,19H,5-6,10H2,1-2H3. The number of aliphatic hydroxyl groups is 1. The number of nitrogens with zero attached hydrogens (tertiary/aromatic N) is 1. The van der Waals surface area contributed by atoms with Crippen molar-refractivity contribution >= 4 is 0 Å². The van der Waals surface area contributed by atoms with Gasteiger partial charge in [-0.2, -0.15) is 0 Å². The number of aromatic nitrogens is 1. The molecule has 1 aromatic heterocycles. The highest BCUT2D eigenvalue weighted by Gasteiger charge is 2.28. The summed E-state index contributed by atoms with van der Waals surface area (Å²) < 4.78 is 12.4. The predicted molar refractivity (Wildman–Crippen MR) is 83.4 cm³/mol. The lowest BCUT2D eigenvalue weighted by Gasteiger charge is -2.15. The van der Waals surface area contributed by atoms with Crippen molar-refractivity contribution in [3.05, 3.63) is 46.2 Å². The average Bonchev–Trinajstić information content (AvgIpc) is 3.38. The fraction of sp³-hybridized carbons (Fsp3) is 0.353. The van der Waals surface area contributed by atoms with E-state index in [-0.39, 0.29) is 18.2 Å². The summed E-state index contributed by atoms with van der Waals surface area (Å²) in [5.74, 6) is 1.28. The third-order valence-electron chi connectivity index (χ3n) is 3.96. The second kappa shape index (κ2) is 5.85. The van der Waals surface area contributed by atoms with Crippen molar-refractivity contribution in [2.45, 2.75) is 25.5 Å². The van der Waals surface area contributed by atoms with Gasteiger partial charge in [0, 0.05) is 17.2 Å². The van der Waals surface area contributed by atoms with Crippen LogP contribution in [-0.2, 0) is 6.61 Å². The maximum atomic E-state index is 12.5. The van der Waals surface area contributed by atoms with Gasteiger partial charge in [0.15, 0.2) is 11.5 Å². The zero-order valence-electron chi connectivity index (χ0n) is 12.7. The van der Waals surface area contributed by atoms with Gasteiger partial charge in [0.2, 0.25) is 0 Å². The Bertz CT molecular complexity index is 747. The summed E-state index contributed by atoms with van der Waals surface area (Å²) in [6, 6.07) is 9.40. The molecule has 0 bridgehead atoms. The predicted octanol–water partition coefficient (Wildman–Crippen LogP) is 2.36. The molecule has 1 N–H and O–H groups in total. The molecule has 3 rings (SSSR count). The van der Waals surface area contributed by atoms with Crippen molar-refractivity contribution in [2.24, 2.45) is 0 Å². The molecule has 1 fully saturated rings. The molecule has 0 spiro atoms. The molecule has 5 nitrogen and oxygen atoms in total. The molecule has 1 aliphatic rings. The summed E-state index contributed by atoms with van der Waals surface area (Å²) in [6.45, 7) is -0.238. The smallest absolute Gasteiger partial charge is 0.256 e. The van der Waals surface area contributed by atoms with Gasteiger partial charge in [0.05, 0.1) is 26.5 Å². The van der Waals surface area contributed by atoms with Crippen molar-refractivity contribution in [2.75, 3.05) is 14.2 Å². The minimum atomic E-state index is -0.238. The summed E-state index contributed by atoms with van der Waals surface area (Å²) in [5, 5.41) is 9.31. The first-order chi connectivity index (χ1) is 10.7. The first-order valence-electron chi connectivity index (χ1n) is 7.27. The lowest BCUT2D eigenvalue weighted by molar-refractivity contribution is 0.279. The number of hydrogen-bond acceptors (Lipinski definition) is 4. The van der Waals surface area contributed by atoms with Crippen LogP contribution in [0.1, 0.15) is 24.4 Å². The van der Waals surface area contributed by atoms with Gasteiger partial charge in [-0.25, -0.2) is 0 Å². The second-order valence-electron chi connectivity index (χ2n) is 5.38. The number of ether oxygens (including phenoxy) is 2. The topological polar surface area (TPSA) is 60.7 Å². The molecule has 0 atom stereocenters. The van der Waals surface area contributed by atoms with Crippen LogP contribution in [0, 0.1) is 0 Å². The summed E-state index contributed by atoms with van der Waals surface area (Å²) in [6.07, 6.45) is 1.99. The third-order valence-corrected chi connectivity index (χ3v) is 3.96. The number of aliphatic hydroxyl groups excluding tert-OH is 1. The number of rotatable bonds is 5. The Hall–Kier alpha value is -2.27. The van der Waals surface area contributed by atoms with Gasteiger partial charge in [-0.1, -0.05) is 0 Å². The first kappa shape index (κ1) is 14.7. The highest BCUT2D eigenvalue weighted by molar-refractivity contribution is 5.65. The monoisotopic (exact) mass is 301 g/mol. The van der Waals surface area contributed by atoms with Gasteiger partial charge >= 0.3 is 0 Å². The van der Waals surface area contributed by atoms with E-state index >= 15 is 0 Å². The Morgan fingerprint density at radius 2 is 1.86 bits per heavy atom. The van der Waals surface area contributed by atoms with Crippen LogP contribution in [0.5, 0.6) is 11.5 Å². The molecule has 1 aliphatic carbocycles. The molecule has 22 heavy (non-hydrogen) atoms. The Balaban J connectivity index is 2.16. The lowest BCUT2D eigenvalue weighted by atomic mass is 10.1. The van der Waals surface area contributed by atoms with Crippen LogP contribution in [0.2, 0.25) is 0 Å². The van der Waals surface area contributed by atoms with Gasteiger partial charge in [0.25, 0.3) is 5.56 Å². The third kappa shape index (κ3) is 2.48. The van der Waals surface area contributed by atoms with Crippen LogP contribution in [0.3, 0.4) is 0 Å². The Morgan fingerprint density at radius 1 is 1.14 bits per heavy atom. The van der Waals surface area contributed by atoms with Crippen LogP contribution in [0.15, 0.2) is 35.1 Å². The van der Waals surface area contributed by atoms with E-state index in [0.29, 0.717) is 17.1 Å². The molecular formula is C17H19NO4. The molecule has 5 heteroatoms. The molecule has 0 aliphatic heterocycles. The molecule has 116 valence electrons. The fourth-order valence-corrected chi connectivity index (χ4v) is 2.64. The fourth-order valence-electron chi connectivity index (χ4n) is 2.64. The van der Waals surface area contributed by atoms with E-state index in [1.54, 1.807) is 24.9 Å². The maximum Gasteiger partial charge on any atom is 0.256 e. The van der Waals surface area contributed by atoms with Gasteiger partial charge in [-0.05, 0) is 43.2 Å². The molecule has 0 amide bonds.